The maximum absolute atomic E-state index is 10.0. The first kappa shape index (κ1) is 6.17. The molecule has 0 aromatic rings. The minimum absolute atomic E-state index is 1.10. The van der Waals surface area contributed by atoms with Crippen LogP contribution >= 0.6 is 10.8 Å². The summed E-state index contributed by atoms with van der Waals surface area (Å²) in [5.41, 5.74) is 0. The summed E-state index contributed by atoms with van der Waals surface area (Å²) in [6.45, 7) is 3.06. The summed E-state index contributed by atoms with van der Waals surface area (Å²) < 4.78 is 13.2. The van der Waals surface area contributed by atoms with E-state index in [1.54, 1.807) is 6.26 Å². The number of rotatable bonds is 2. The van der Waals surface area contributed by atoms with Crippen molar-refractivity contribution in [2.45, 2.75) is 0 Å². The van der Waals surface area contributed by atoms with Gasteiger partial charge in [0.15, 0.2) is 0 Å². The molecule has 36 valence electrons. The first-order valence-electron chi connectivity index (χ1n) is 1.24. The molecule has 1 unspecified atom stereocenters. The van der Waals surface area contributed by atoms with Gasteiger partial charge in [0.1, 0.15) is 0 Å². The van der Waals surface area contributed by atoms with Gasteiger partial charge in [-0.1, -0.05) is 0 Å². The highest BCUT2D eigenvalue weighted by molar-refractivity contribution is 8.68. The highest BCUT2D eigenvalue weighted by Crippen LogP contribution is 1.99. The van der Waals surface area contributed by atoms with Crippen LogP contribution in [0.4, 0.5) is 0 Å². The first-order chi connectivity index (χ1) is 2.81. The normalized spacial score (nSPS) is 13.5. The van der Waals surface area contributed by atoms with Crippen molar-refractivity contribution in [3.05, 3.63) is 0 Å². The summed E-state index contributed by atoms with van der Waals surface area (Å²) >= 11 is 0. The number of hydrogen-bond donors (Lipinski definition) is 0. The maximum Gasteiger partial charge on any atom is 0.200 e. The van der Waals surface area contributed by atoms with E-state index in [1.165, 1.54) is 10.8 Å². The Morgan fingerprint density at radius 3 is 2.50 bits per heavy atom. The van der Waals surface area contributed by atoms with E-state index < -0.39 is 10.0 Å². The first-order valence-corrected chi connectivity index (χ1v) is 4.09. The van der Waals surface area contributed by atoms with Crippen LogP contribution in [0.5, 0.6) is 0 Å². The average Bonchev–Trinajstić information content (AvgIpc) is 1.65. The Labute approximate surface area is 43.0 Å². The van der Waals surface area contributed by atoms with Gasteiger partial charge in [-0.3, -0.25) is 0 Å². The molecule has 0 aliphatic heterocycles. The maximum atomic E-state index is 10.0. The zero-order valence-corrected chi connectivity index (χ0v) is 5.01. The molecule has 4 heteroatoms. The highest BCUT2D eigenvalue weighted by atomic mass is 33.1. The van der Waals surface area contributed by atoms with Gasteiger partial charge in [-0.2, -0.15) is 4.40 Å². The van der Waals surface area contributed by atoms with Crippen molar-refractivity contribution in [1.82, 2.24) is 0 Å². The minimum atomic E-state index is -1.10. The Bertz CT molecular complexity index is 71.9. The van der Waals surface area contributed by atoms with Crippen LogP contribution in [-0.4, -0.2) is 17.2 Å². The fourth-order valence-corrected chi connectivity index (χ4v) is 0.474. The third kappa shape index (κ3) is 2.41. The summed E-state index contributed by atoms with van der Waals surface area (Å²) in [5.74, 6) is 0. The lowest BCUT2D eigenvalue weighted by atomic mass is 11.8. The Morgan fingerprint density at radius 2 is 2.50 bits per heavy atom. The fraction of sp³-hybridized carbons (Fsp3) is 0.500. The van der Waals surface area contributed by atoms with Gasteiger partial charge < -0.3 is 0 Å². The molecule has 0 fully saturated rings. The zero-order valence-electron chi connectivity index (χ0n) is 3.38. The van der Waals surface area contributed by atoms with Crippen molar-refractivity contribution < 1.29 is 4.21 Å². The zero-order chi connectivity index (χ0) is 4.99. The van der Waals surface area contributed by atoms with Gasteiger partial charge in [0.25, 0.3) is 0 Å². The molecule has 0 aromatic carbocycles. The summed E-state index contributed by atoms with van der Waals surface area (Å²) in [5, 5.41) is 0. The van der Waals surface area contributed by atoms with Crippen molar-refractivity contribution in [2.24, 2.45) is 4.40 Å². The molecule has 0 aliphatic carbocycles. The molecule has 0 saturated carbocycles. The van der Waals surface area contributed by atoms with Crippen LogP contribution in [0.1, 0.15) is 0 Å². The Morgan fingerprint density at radius 1 is 2.00 bits per heavy atom. The van der Waals surface area contributed by atoms with Crippen molar-refractivity contribution in [1.29, 1.82) is 0 Å². The lowest BCUT2D eigenvalue weighted by Gasteiger charge is -1.76. The minimum Gasteiger partial charge on any atom is -0.223 e. The van der Waals surface area contributed by atoms with Gasteiger partial charge in [0, 0.05) is 6.72 Å². The van der Waals surface area contributed by atoms with E-state index in [-0.39, 0.29) is 0 Å². The van der Waals surface area contributed by atoms with E-state index in [2.05, 4.69) is 11.1 Å². The van der Waals surface area contributed by atoms with Crippen molar-refractivity contribution in [3.8, 4) is 0 Å². The largest absolute Gasteiger partial charge is 0.223 e. The van der Waals surface area contributed by atoms with Crippen LogP contribution in [0.25, 0.3) is 0 Å². The van der Waals surface area contributed by atoms with Crippen molar-refractivity contribution >= 4 is 27.5 Å². The molecule has 0 bridgehead atoms. The smallest absolute Gasteiger partial charge is 0.200 e. The van der Waals surface area contributed by atoms with Gasteiger partial charge in [0.2, 0.25) is 10.0 Å². The van der Waals surface area contributed by atoms with E-state index in [1.807, 2.05) is 0 Å². The van der Waals surface area contributed by atoms with E-state index in [0.29, 0.717) is 0 Å². The van der Waals surface area contributed by atoms with Crippen LogP contribution < -0.4 is 0 Å². The van der Waals surface area contributed by atoms with Crippen molar-refractivity contribution in [2.75, 3.05) is 6.26 Å². The van der Waals surface area contributed by atoms with Gasteiger partial charge in [0.05, 0.1) is 0 Å². The molecule has 0 heterocycles. The summed E-state index contributed by atoms with van der Waals surface area (Å²) in [6.07, 6.45) is 1.71. The third-order valence-electron chi connectivity index (χ3n) is 0.248. The van der Waals surface area contributed by atoms with E-state index in [4.69, 9.17) is 0 Å². The predicted molar refractivity (Wildman–Crippen MR) is 31.2 cm³/mol. The van der Waals surface area contributed by atoms with E-state index >= 15 is 0 Å². The van der Waals surface area contributed by atoms with E-state index in [9.17, 15) is 4.21 Å². The number of nitrogens with zero attached hydrogens (tertiary/aromatic N) is 1. The molecule has 0 spiro atoms. The topological polar surface area (TPSA) is 29.4 Å². The molecule has 0 amide bonds. The molecule has 0 radical (unpaired) electrons. The second kappa shape index (κ2) is 3.36. The SMILES string of the molecule is C=NS(=O)SC. The fourth-order valence-electron chi connectivity index (χ4n) is 0.0527. The summed E-state index contributed by atoms with van der Waals surface area (Å²) in [4.78, 5) is 0. The Kier molecular flexibility index (Phi) is 3.46. The molecular weight excluding hydrogens is 118 g/mol. The van der Waals surface area contributed by atoms with Crippen LogP contribution in [0.3, 0.4) is 0 Å². The quantitative estimate of drug-likeness (QED) is 0.398. The molecule has 0 N–H and O–H groups in total. The number of hydrogen-bond acceptors (Lipinski definition) is 2. The summed E-state index contributed by atoms with van der Waals surface area (Å²) in [6, 6.07) is 0. The molecular formula is C2H5NOS2. The van der Waals surface area contributed by atoms with Crippen molar-refractivity contribution in [3.63, 3.8) is 0 Å². The average molecular weight is 123 g/mol. The van der Waals surface area contributed by atoms with Crippen LogP contribution in [0.2, 0.25) is 0 Å². The Balaban J connectivity index is 3.23. The van der Waals surface area contributed by atoms with Gasteiger partial charge in [-0.15, -0.1) is 0 Å². The van der Waals surface area contributed by atoms with E-state index in [0.717, 1.165) is 0 Å². The molecule has 0 rings (SSSR count). The standard InChI is InChI=1S/C2H5NOS2/c1-3-6(4)5-2/h1H2,2H3. The molecule has 0 saturated heterocycles. The van der Waals surface area contributed by atoms with Gasteiger partial charge in [-0.05, 0) is 17.0 Å². The third-order valence-corrected chi connectivity index (χ3v) is 1.92. The summed E-state index contributed by atoms with van der Waals surface area (Å²) in [7, 11) is 0.0644. The highest BCUT2D eigenvalue weighted by Gasteiger charge is 1.81. The van der Waals surface area contributed by atoms with Crippen LogP contribution in [0, 0.1) is 0 Å². The second-order valence-electron chi connectivity index (χ2n) is 0.513. The monoisotopic (exact) mass is 123 g/mol. The molecule has 2 nitrogen and oxygen atoms in total. The molecule has 0 aromatic heterocycles. The van der Waals surface area contributed by atoms with Gasteiger partial charge in [-0.25, -0.2) is 4.21 Å². The molecule has 1 atom stereocenters. The molecule has 6 heavy (non-hydrogen) atoms. The predicted octanol–water partition coefficient (Wildman–Crippen LogP) is 0.629. The molecule has 0 aliphatic rings. The van der Waals surface area contributed by atoms with Crippen LogP contribution in [0.15, 0.2) is 4.40 Å². The second-order valence-corrected chi connectivity index (χ2v) is 3.39. The Hall–Kier alpha value is 0.170. The van der Waals surface area contributed by atoms with Crippen LogP contribution in [-0.2, 0) is 10.0 Å². The van der Waals surface area contributed by atoms with Gasteiger partial charge >= 0.3 is 0 Å². The lowest BCUT2D eigenvalue weighted by molar-refractivity contribution is 0.693. The lowest BCUT2D eigenvalue weighted by Crippen LogP contribution is -1.66.